The average molecular weight is 218 g/mol. The third-order valence-corrected chi connectivity index (χ3v) is 2.47. The van der Waals surface area contributed by atoms with Crippen molar-refractivity contribution in [2.75, 3.05) is 5.32 Å². The van der Waals surface area contributed by atoms with E-state index in [9.17, 15) is 4.79 Å². The molecule has 0 heterocycles. The number of amides is 2. The first kappa shape index (κ1) is 12.3. The Hall–Kier alpha value is -1.77. The Labute approximate surface area is 96.6 Å². The molecular weight excluding hydrogens is 200 g/mol. The first-order chi connectivity index (χ1) is 7.72. The predicted octanol–water partition coefficient (Wildman–Crippen LogP) is 3.08. The molecule has 0 aliphatic rings. The number of anilines is 1. The average Bonchev–Trinajstić information content (AvgIpc) is 2.29. The monoisotopic (exact) mass is 218 g/mol. The lowest BCUT2D eigenvalue weighted by Crippen LogP contribution is -2.24. The van der Waals surface area contributed by atoms with Crippen LogP contribution in [0.3, 0.4) is 0 Å². The fraction of sp³-hybridized carbons (Fsp3) is 0.308. The van der Waals surface area contributed by atoms with Crippen LogP contribution in [-0.4, -0.2) is 6.03 Å². The van der Waals surface area contributed by atoms with Crippen molar-refractivity contribution >= 4 is 11.7 Å². The van der Waals surface area contributed by atoms with E-state index < -0.39 is 0 Å². The fourth-order valence-electron chi connectivity index (χ4n) is 1.65. The molecule has 0 aliphatic carbocycles. The van der Waals surface area contributed by atoms with E-state index in [0.29, 0.717) is 0 Å². The molecule has 0 aromatic heterocycles. The van der Waals surface area contributed by atoms with Crippen molar-refractivity contribution in [1.82, 2.24) is 5.32 Å². The normalized spacial score (nSPS) is 9.62. The number of nitrogens with one attached hydrogen (secondary N) is 2. The van der Waals surface area contributed by atoms with Gasteiger partial charge in [-0.05, 0) is 30.2 Å². The molecule has 1 aromatic carbocycles. The summed E-state index contributed by atoms with van der Waals surface area (Å²) in [5, 5.41) is 5.37. The molecule has 0 unspecified atom stereocenters. The Kier molecular flexibility index (Phi) is 4.58. The van der Waals surface area contributed by atoms with E-state index in [1.807, 2.05) is 18.2 Å². The molecule has 16 heavy (non-hydrogen) atoms. The summed E-state index contributed by atoms with van der Waals surface area (Å²) < 4.78 is 0. The first-order valence-electron chi connectivity index (χ1n) is 5.52. The number of hydrogen-bond donors (Lipinski definition) is 2. The van der Waals surface area contributed by atoms with Crippen LogP contribution >= 0.6 is 0 Å². The topological polar surface area (TPSA) is 41.1 Å². The summed E-state index contributed by atoms with van der Waals surface area (Å²) in [5.74, 6) is 0. The molecule has 3 nitrogen and oxygen atoms in total. The SMILES string of the molecule is C=CNC(=O)Nc1c(CC)cccc1CC. The van der Waals surface area contributed by atoms with Crippen LogP contribution in [0.4, 0.5) is 10.5 Å². The number of rotatable bonds is 4. The van der Waals surface area contributed by atoms with Gasteiger partial charge in [0.25, 0.3) is 0 Å². The van der Waals surface area contributed by atoms with Gasteiger partial charge in [-0.3, -0.25) is 0 Å². The van der Waals surface area contributed by atoms with Crippen LogP contribution in [-0.2, 0) is 12.8 Å². The molecule has 2 amide bonds. The second-order valence-corrected chi connectivity index (χ2v) is 3.46. The molecule has 0 radical (unpaired) electrons. The van der Waals surface area contributed by atoms with Crippen LogP contribution in [0.15, 0.2) is 31.0 Å². The molecule has 0 fully saturated rings. The summed E-state index contributed by atoms with van der Waals surface area (Å²) in [4.78, 5) is 11.5. The van der Waals surface area contributed by atoms with Gasteiger partial charge in [0.15, 0.2) is 0 Å². The Morgan fingerprint density at radius 2 is 1.88 bits per heavy atom. The van der Waals surface area contributed by atoms with Gasteiger partial charge < -0.3 is 10.6 Å². The van der Waals surface area contributed by atoms with Gasteiger partial charge in [0.05, 0.1) is 0 Å². The summed E-state index contributed by atoms with van der Waals surface area (Å²) in [6, 6.07) is 5.84. The summed E-state index contributed by atoms with van der Waals surface area (Å²) in [6.07, 6.45) is 3.17. The number of hydrogen-bond acceptors (Lipinski definition) is 1. The number of carbonyl (C=O) groups excluding carboxylic acids is 1. The zero-order valence-electron chi connectivity index (χ0n) is 9.84. The highest BCUT2D eigenvalue weighted by molar-refractivity contribution is 5.91. The Morgan fingerprint density at radius 3 is 2.31 bits per heavy atom. The van der Waals surface area contributed by atoms with Gasteiger partial charge in [-0.1, -0.05) is 38.6 Å². The molecule has 0 saturated carbocycles. The van der Waals surface area contributed by atoms with Gasteiger partial charge >= 0.3 is 6.03 Å². The molecule has 0 atom stereocenters. The predicted molar refractivity (Wildman–Crippen MR) is 67.5 cm³/mol. The van der Waals surface area contributed by atoms with Gasteiger partial charge in [-0.25, -0.2) is 4.79 Å². The maximum atomic E-state index is 11.5. The van der Waals surface area contributed by atoms with Crippen molar-refractivity contribution in [2.24, 2.45) is 0 Å². The number of aryl methyl sites for hydroxylation is 2. The standard InChI is InChI=1S/C13H18N2O/c1-4-10-8-7-9-11(5-2)12(10)15-13(16)14-6-3/h6-9H,3-5H2,1-2H3,(H2,14,15,16). The molecule has 1 aromatic rings. The van der Waals surface area contributed by atoms with E-state index in [1.54, 1.807) is 0 Å². The van der Waals surface area contributed by atoms with Crippen LogP contribution in [0.1, 0.15) is 25.0 Å². The summed E-state index contributed by atoms with van der Waals surface area (Å²) in [6.45, 7) is 7.61. The lowest BCUT2D eigenvalue weighted by molar-refractivity contribution is 0.255. The molecule has 0 aliphatic heterocycles. The van der Waals surface area contributed by atoms with Crippen LogP contribution in [0.2, 0.25) is 0 Å². The fourth-order valence-corrected chi connectivity index (χ4v) is 1.65. The third kappa shape index (κ3) is 2.86. The zero-order valence-corrected chi connectivity index (χ0v) is 9.84. The van der Waals surface area contributed by atoms with E-state index in [2.05, 4.69) is 31.1 Å². The van der Waals surface area contributed by atoms with Gasteiger partial charge in [0, 0.05) is 5.69 Å². The van der Waals surface area contributed by atoms with Crippen molar-refractivity contribution in [2.45, 2.75) is 26.7 Å². The second-order valence-electron chi connectivity index (χ2n) is 3.46. The number of para-hydroxylation sites is 1. The number of carbonyl (C=O) groups is 1. The first-order valence-corrected chi connectivity index (χ1v) is 5.52. The van der Waals surface area contributed by atoms with Gasteiger partial charge in [0.2, 0.25) is 0 Å². The van der Waals surface area contributed by atoms with Gasteiger partial charge in [-0.15, -0.1) is 0 Å². The van der Waals surface area contributed by atoms with Crippen molar-refractivity contribution < 1.29 is 4.79 Å². The third-order valence-electron chi connectivity index (χ3n) is 2.47. The van der Waals surface area contributed by atoms with Gasteiger partial charge in [0.1, 0.15) is 0 Å². The highest BCUT2D eigenvalue weighted by atomic mass is 16.2. The minimum atomic E-state index is -0.245. The highest BCUT2D eigenvalue weighted by Crippen LogP contribution is 2.22. The van der Waals surface area contributed by atoms with Crippen LogP contribution < -0.4 is 10.6 Å². The van der Waals surface area contributed by atoms with Crippen molar-refractivity contribution in [3.8, 4) is 0 Å². The molecule has 2 N–H and O–H groups in total. The molecular formula is C13H18N2O. The Morgan fingerprint density at radius 1 is 1.31 bits per heavy atom. The number of benzene rings is 1. The van der Waals surface area contributed by atoms with Crippen LogP contribution in [0.25, 0.3) is 0 Å². The molecule has 86 valence electrons. The van der Waals surface area contributed by atoms with Crippen molar-refractivity contribution in [3.63, 3.8) is 0 Å². The lowest BCUT2D eigenvalue weighted by atomic mass is 10.0. The minimum Gasteiger partial charge on any atom is -0.315 e. The second kappa shape index (κ2) is 5.95. The zero-order chi connectivity index (χ0) is 12.0. The van der Waals surface area contributed by atoms with Crippen LogP contribution in [0, 0.1) is 0 Å². The lowest BCUT2D eigenvalue weighted by Gasteiger charge is -2.13. The smallest absolute Gasteiger partial charge is 0.315 e. The summed E-state index contributed by atoms with van der Waals surface area (Å²) in [7, 11) is 0. The highest BCUT2D eigenvalue weighted by Gasteiger charge is 2.08. The molecule has 1 rings (SSSR count). The Balaban J connectivity index is 2.99. The molecule has 3 heteroatoms. The quantitative estimate of drug-likeness (QED) is 0.801. The largest absolute Gasteiger partial charge is 0.323 e. The maximum absolute atomic E-state index is 11.5. The maximum Gasteiger partial charge on any atom is 0.323 e. The van der Waals surface area contributed by atoms with E-state index in [1.165, 1.54) is 6.20 Å². The van der Waals surface area contributed by atoms with Crippen LogP contribution in [0.5, 0.6) is 0 Å². The van der Waals surface area contributed by atoms with Gasteiger partial charge in [-0.2, -0.15) is 0 Å². The minimum absolute atomic E-state index is 0.245. The summed E-state index contributed by atoms with van der Waals surface area (Å²) in [5.41, 5.74) is 3.23. The van der Waals surface area contributed by atoms with E-state index in [-0.39, 0.29) is 6.03 Å². The molecule has 0 saturated heterocycles. The number of urea groups is 1. The van der Waals surface area contributed by atoms with Crippen molar-refractivity contribution in [1.29, 1.82) is 0 Å². The van der Waals surface area contributed by atoms with E-state index in [4.69, 9.17) is 0 Å². The van der Waals surface area contributed by atoms with E-state index >= 15 is 0 Å². The van der Waals surface area contributed by atoms with E-state index in [0.717, 1.165) is 29.7 Å². The summed E-state index contributed by atoms with van der Waals surface area (Å²) >= 11 is 0. The Bertz CT molecular complexity index is 363. The molecule has 0 spiro atoms. The van der Waals surface area contributed by atoms with Crippen molar-refractivity contribution in [3.05, 3.63) is 42.1 Å². The molecule has 0 bridgehead atoms.